The second-order valence-electron chi connectivity index (χ2n) is 7.31. The summed E-state index contributed by atoms with van der Waals surface area (Å²) in [7, 11) is 1.33. The number of hydrogen-bond donors (Lipinski definition) is 1. The molecule has 2 rings (SSSR count). The van der Waals surface area contributed by atoms with Gasteiger partial charge >= 0.3 is 13.3 Å². The highest BCUT2D eigenvalue weighted by Gasteiger charge is 2.52. The van der Waals surface area contributed by atoms with Gasteiger partial charge in [-0.2, -0.15) is 13.2 Å². The molecule has 144 valence electrons. The molecular weight excluding hydrogens is 346 g/mol. The number of alkyl halides is 3. The minimum Gasteiger partial charge on any atom is -0.484 e. The second-order valence-corrected chi connectivity index (χ2v) is 7.31. The van der Waals surface area contributed by atoms with Crippen molar-refractivity contribution in [3.8, 4) is 5.75 Å². The van der Waals surface area contributed by atoms with Gasteiger partial charge in [0, 0.05) is 6.54 Å². The van der Waals surface area contributed by atoms with E-state index in [0.717, 1.165) is 11.0 Å². The lowest BCUT2D eigenvalue weighted by molar-refractivity contribution is -0.153. The van der Waals surface area contributed by atoms with Gasteiger partial charge in [0.05, 0.1) is 11.2 Å². The lowest BCUT2D eigenvalue weighted by Gasteiger charge is -2.32. The smallest absolute Gasteiger partial charge is 0.484 e. The van der Waals surface area contributed by atoms with Crippen LogP contribution in [0.1, 0.15) is 33.3 Å². The Kier molecular flexibility index (Phi) is 6.10. The first-order chi connectivity index (χ1) is 11.9. The maximum Gasteiger partial charge on any atom is 0.491 e. The summed E-state index contributed by atoms with van der Waals surface area (Å²) in [4.78, 5) is 0. The van der Waals surface area contributed by atoms with Gasteiger partial charge in [-0.05, 0) is 57.9 Å². The van der Waals surface area contributed by atoms with Gasteiger partial charge in [-0.25, -0.2) is 0 Å². The van der Waals surface area contributed by atoms with Gasteiger partial charge < -0.3 is 19.4 Å². The van der Waals surface area contributed by atoms with E-state index in [2.05, 4.69) is 5.32 Å². The first-order valence-electron chi connectivity index (χ1n) is 8.44. The molecule has 4 nitrogen and oxygen atoms in total. The van der Waals surface area contributed by atoms with Crippen molar-refractivity contribution in [3.05, 3.63) is 35.3 Å². The van der Waals surface area contributed by atoms with Crippen LogP contribution in [0.2, 0.25) is 0 Å². The molecule has 0 amide bonds. The van der Waals surface area contributed by atoms with E-state index in [1.165, 1.54) is 12.1 Å². The van der Waals surface area contributed by atoms with E-state index in [1.807, 2.05) is 40.8 Å². The standard InChI is InChI=1S/C18H25BF3NO3/c1-16(2)17(3,4)26-19(25-16)14(11-23-5)10-13-6-8-15(9-7-13)24-12-18(20,21)22/h6-10,23H,11-12H2,1-5H3. The van der Waals surface area contributed by atoms with Crippen molar-refractivity contribution in [1.82, 2.24) is 5.32 Å². The minimum absolute atomic E-state index is 0.172. The zero-order valence-electron chi connectivity index (χ0n) is 15.7. The fourth-order valence-electron chi connectivity index (χ4n) is 2.44. The number of halogens is 3. The summed E-state index contributed by atoms with van der Waals surface area (Å²) in [5, 5.41) is 3.09. The summed E-state index contributed by atoms with van der Waals surface area (Å²) in [6.07, 6.45) is -2.44. The molecule has 0 radical (unpaired) electrons. The first-order valence-corrected chi connectivity index (χ1v) is 8.44. The molecule has 1 saturated heterocycles. The van der Waals surface area contributed by atoms with Crippen LogP contribution in [0, 0.1) is 0 Å². The molecule has 0 atom stereocenters. The third kappa shape index (κ3) is 5.25. The highest BCUT2D eigenvalue weighted by atomic mass is 19.4. The molecule has 0 spiro atoms. The van der Waals surface area contributed by atoms with Crippen LogP contribution < -0.4 is 10.1 Å². The highest BCUT2D eigenvalue weighted by molar-refractivity contribution is 6.55. The number of ether oxygens (including phenoxy) is 1. The van der Waals surface area contributed by atoms with Crippen molar-refractivity contribution < 1.29 is 27.2 Å². The predicted octanol–water partition coefficient (Wildman–Crippen LogP) is 3.86. The second kappa shape index (κ2) is 7.62. The maximum absolute atomic E-state index is 12.2. The van der Waals surface area contributed by atoms with Gasteiger partial charge in [0.15, 0.2) is 6.61 Å². The van der Waals surface area contributed by atoms with E-state index in [1.54, 1.807) is 12.1 Å². The molecule has 1 aromatic carbocycles. The van der Waals surface area contributed by atoms with Crippen molar-refractivity contribution in [2.24, 2.45) is 0 Å². The van der Waals surface area contributed by atoms with Crippen LogP contribution in [0.15, 0.2) is 29.7 Å². The van der Waals surface area contributed by atoms with Crippen LogP contribution in [-0.4, -0.2) is 44.7 Å². The fourth-order valence-corrected chi connectivity index (χ4v) is 2.44. The predicted molar refractivity (Wildman–Crippen MR) is 96.0 cm³/mol. The normalized spacial score (nSPS) is 19.7. The van der Waals surface area contributed by atoms with Gasteiger partial charge in [-0.3, -0.25) is 0 Å². The number of hydrogen-bond acceptors (Lipinski definition) is 4. The summed E-state index contributed by atoms with van der Waals surface area (Å²) >= 11 is 0. The van der Waals surface area contributed by atoms with Gasteiger partial charge in [0.1, 0.15) is 5.75 Å². The number of nitrogens with one attached hydrogen (secondary N) is 1. The van der Waals surface area contributed by atoms with E-state index in [-0.39, 0.29) is 5.75 Å². The van der Waals surface area contributed by atoms with Gasteiger partial charge in [-0.1, -0.05) is 18.2 Å². The Morgan fingerprint density at radius 1 is 1.12 bits per heavy atom. The maximum atomic E-state index is 12.2. The zero-order chi connectivity index (χ0) is 19.6. The van der Waals surface area contributed by atoms with Gasteiger partial charge in [-0.15, -0.1) is 0 Å². The van der Waals surface area contributed by atoms with Crippen LogP contribution in [-0.2, 0) is 9.31 Å². The van der Waals surface area contributed by atoms with Crippen molar-refractivity contribution in [1.29, 1.82) is 0 Å². The molecular formula is C18H25BF3NO3. The average Bonchev–Trinajstić information content (AvgIpc) is 2.73. The van der Waals surface area contributed by atoms with Crippen LogP contribution in [0.25, 0.3) is 6.08 Å². The molecule has 0 bridgehead atoms. The van der Waals surface area contributed by atoms with Crippen molar-refractivity contribution in [2.45, 2.75) is 45.1 Å². The van der Waals surface area contributed by atoms with Gasteiger partial charge in [0.2, 0.25) is 0 Å². The quantitative estimate of drug-likeness (QED) is 0.771. The summed E-state index contributed by atoms with van der Waals surface area (Å²) in [6.45, 7) is 7.19. The summed E-state index contributed by atoms with van der Waals surface area (Å²) < 4.78 is 53.5. The van der Waals surface area contributed by atoms with Crippen LogP contribution in [0.5, 0.6) is 5.75 Å². The van der Waals surface area contributed by atoms with Crippen molar-refractivity contribution >= 4 is 13.2 Å². The number of likely N-dealkylation sites (N-methyl/N-ethyl adjacent to an activating group) is 1. The Hall–Kier alpha value is -1.51. The van der Waals surface area contributed by atoms with Crippen LogP contribution >= 0.6 is 0 Å². The van der Waals surface area contributed by atoms with E-state index < -0.39 is 31.1 Å². The molecule has 26 heavy (non-hydrogen) atoms. The Morgan fingerprint density at radius 2 is 1.65 bits per heavy atom. The SMILES string of the molecule is CNCC(=Cc1ccc(OCC(F)(F)F)cc1)B1OC(C)(C)C(C)(C)O1. The molecule has 0 saturated carbocycles. The zero-order valence-corrected chi connectivity index (χ0v) is 15.7. The van der Waals surface area contributed by atoms with Crippen LogP contribution in [0.3, 0.4) is 0 Å². The largest absolute Gasteiger partial charge is 0.491 e. The lowest BCUT2D eigenvalue weighted by atomic mass is 9.77. The Morgan fingerprint density at radius 3 is 2.12 bits per heavy atom. The Labute approximate surface area is 152 Å². The average molecular weight is 371 g/mol. The Bertz CT molecular complexity index is 626. The number of benzene rings is 1. The van der Waals surface area contributed by atoms with Crippen molar-refractivity contribution in [2.75, 3.05) is 20.2 Å². The third-order valence-corrected chi connectivity index (χ3v) is 4.57. The van der Waals surface area contributed by atoms with Crippen molar-refractivity contribution in [3.63, 3.8) is 0 Å². The topological polar surface area (TPSA) is 39.7 Å². The van der Waals surface area contributed by atoms with E-state index in [4.69, 9.17) is 14.0 Å². The molecule has 1 aromatic rings. The molecule has 8 heteroatoms. The molecule has 0 aliphatic carbocycles. The van der Waals surface area contributed by atoms with E-state index in [0.29, 0.717) is 6.54 Å². The molecule has 1 fully saturated rings. The molecule has 1 aliphatic rings. The third-order valence-electron chi connectivity index (χ3n) is 4.57. The lowest BCUT2D eigenvalue weighted by Crippen LogP contribution is -2.41. The van der Waals surface area contributed by atoms with Crippen LogP contribution in [0.4, 0.5) is 13.2 Å². The summed E-state index contributed by atoms with van der Waals surface area (Å²) in [6, 6.07) is 6.43. The van der Waals surface area contributed by atoms with E-state index >= 15 is 0 Å². The molecule has 1 N–H and O–H groups in total. The summed E-state index contributed by atoms with van der Waals surface area (Å²) in [5.74, 6) is 0.172. The number of rotatable bonds is 6. The van der Waals surface area contributed by atoms with Gasteiger partial charge in [0.25, 0.3) is 0 Å². The molecule has 0 aromatic heterocycles. The van der Waals surface area contributed by atoms with E-state index in [9.17, 15) is 13.2 Å². The fraction of sp³-hybridized carbons (Fsp3) is 0.556. The Balaban J connectivity index is 2.14. The minimum atomic E-state index is -4.35. The molecule has 0 unspecified atom stereocenters. The molecule has 1 heterocycles. The monoisotopic (exact) mass is 371 g/mol. The summed E-state index contributed by atoms with van der Waals surface area (Å²) in [5.41, 5.74) is 0.832. The molecule has 1 aliphatic heterocycles. The highest BCUT2D eigenvalue weighted by Crippen LogP contribution is 2.38. The first kappa shape index (κ1) is 20.8.